The molecule has 5 aliphatic carbocycles. The minimum atomic E-state index is -0.739. The normalized spacial score (nSPS) is 56.7. The molecule has 4 fully saturated rings. The van der Waals surface area contributed by atoms with Gasteiger partial charge in [0.25, 0.3) is 0 Å². The molecule has 0 aromatic rings. The SMILES string of the molecule is C=C[C@]1(O)CC[C@]2(C)[C@H]3CC=C4[C@@H]5[C@@H](C)[C@H](C)CC[C@]5(C(=O)O)CC[C@@]4(C)[C@]3(C)CC[C@H]2[C@@H]1C. The molecule has 2 N–H and O–H groups in total. The summed E-state index contributed by atoms with van der Waals surface area (Å²) in [6.07, 6.45) is 13.3. The van der Waals surface area contributed by atoms with E-state index in [1.165, 1.54) is 12.0 Å². The van der Waals surface area contributed by atoms with Gasteiger partial charge in [-0.2, -0.15) is 0 Å². The summed E-state index contributed by atoms with van der Waals surface area (Å²) in [5, 5.41) is 21.8. The van der Waals surface area contributed by atoms with Crippen LogP contribution in [0.15, 0.2) is 24.3 Å². The second-order valence-electron chi connectivity index (χ2n) is 14.1. The molecule has 0 aromatic carbocycles. The van der Waals surface area contributed by atoms with Gasteiger partial charge in [0.05, 0.1) is 11.0 Å². The number of hydrogen-bond acceptors (Lipinski definition) is 2. The van der Waals surface area contributed by atoms with E-state index in [1.54, 1.807) is 0 Å². The van der Waals surface area contributed by atoms with E-state index in [9.17, 15) is 15.0 Å². The van der Waals surface area contributed by atoms with Gasteiger partial charge in [-0.3, -0.25) is 4.79 Å². The maximum absolute atomic E-state index is 12.8. The van der Waals surface area contributed by atoms with E-state index in [0.717, 1.165) is 51.4 Å². The van der Waals surface area contributed by atoms with E-state index in [-0.39, 0.29) is 28.1 Å². The highest BCUT2D eigenvalue weighted by atomic mass is 16.4. The third-order valence-corrected chi connectivity index (χ3v) is 13.6. The molecule has 190 valence electrons. The van der Waals surface area contributed by atoms with E-state index in [1.807, 2.05) is 6.08 Å². The van der Waals surface area contributed by atoms with Crippen LogP contribution in [0, 0.1) is 57.2 Å². The van der Waals surface area contributed by atoms with Crippen LogP contribution in [0.2, 0.25) is 0 Å². The Morgan fingerprint density at radius 1 is 1.03 bits per heavy atom. The highest BCUT2D eigenvalue weighted by molar-refractivity contribution is 5.76. The summed E-state index contributed by atoms with van der Waals surface area (Å²) >= 11 is 0. The first-order chi connectivity index (χ1) is 15.8. The summed E-state index contributed by atoms with van der Waals surface area (Å²) in [7, 11) is 0. The van der Waals surface area contributed by atoms with Crippen LogP contribution in [0.25, 0.3) is 0 Å². The fourth-order valence-electron chi connectivity index (χ4n) is 10.8. The summed E-state index contributed by atoms with van der Waals surface area (Å²) < 4.78 is 0. The summed E-state index contributed by atoms with van der Waals surface area (Å²) in [6.45, 7) is 18.5. The third-order valence-electron chi connectivity index (χ3n) is 13.6. The summed E-state index contributed by atoms with van der Waals surface area (Å²) in [6, 6.07) is 0. The van der Waals surface area contributed by atoms with Crippen LogP contribution in [0.5, 0.6) is 0 Å². The summed E-state index contributed by atoms with van der Waals surface area (Å²) in [5.41, 5.74) is 0.649. The highest BCUT2D eigenvalue weighted by Crippen LogP contribution is 2.75. The Morgan fingerprint density at radius 2 is 1.74 bits per heavy atom. The number of hydrogen-bond donors (Lipinski definition) is 2. The Hall–Kier alpha value is -1.09. The first kappa shape index (κ1) is 24.6. The number of carbonyl (C=O) groups is 1. The van der Waals surface area contributed by atoms with E-state index >= 15 is 0 Å². The van der Waals surface area contributed by atoms with Gasteiger partial charge in [-0.1, -0.05) is 59.3 Å². The zero-order chi connectivity index (χ0) is 24.9. The predicted molar refractivity (Wildman–Crippen MR) is 137 cm³/mol. The van der Waals surface area contributed by atoms with Crippen LogP contribution in [-0.2, 0) is 4.79 Å². The first-order valence-electron chi connectivity index (χ1n) is 14.1. The van der Waals surface area contributed by atoms with Gasteiger partial charge < -0.3 is 10.2 Å². The number of carboxylic acid groups (broad SMARTS) is 1. The van der Waals surface area contributed by atoms with Crippen molar-refractivity contribution in [1.82, 2.24) is 0 Å². The maximum Gasteiger partial charge on any atom is 0.310 e. The van der Waals surface area contributed by atoms with Crippen molar-refractivity contribution in [1.29, 1.82) is 0 Å². The summed E-state index contributed by atoms with van der Waals surface area (Å²) in [5.74, 6) is 1.94. The molecule has 3 heteroatoms. The Balaban J connectivity index is 1.59. The largest absolute Gasteiger partial charge is 0.481 e. The molecule has 0 unspecified atom stereocenters. The Kier molecular flexibility index (Phi) is 5.40. The van der Waals surface area contributed by atoms with Crippen LogP contribution in [-0.4, -0.2) is 21.8 Å². The van der Waals surface area contributed by atoms with Gasteiger partial charge in [-0.15, -0.1) is 6.58 Å². The molecule has 0 heterocycles. The number of aliphatic carboxylic acids is 1. The van der Waals surface area contributed by atoms with Crippen molar-refractivity contribution in [3.8, 4) is 0 Å². The first-order valence-corrected chi connectivity index (χ1v) is 14.1. The van der Waals surface area contributed by atoms with E-state index < -0.39 is 17.0 Å². The smallest absolute Gasteiger partial charge is 0.310 e. The molecule has 5 rings (SSSR count). The average molecular weight is 469 g/mol. The van der Waals surface area contributed by atoms with Gasteiger partial charge in [0.15, 0.2) is 0 Å². The molecular formula is C31H48O3. The monoisotopic (exact) mass is 468 g/mol. The van der Waals surface area contributed by atoms with Crippen LogP contribution in [0.3, 0.4) is 0 Å². The molecular weight excluding hydrogens is 420 g/mol. The van der Waals surface area contributed by atoms with Gasteiger partial charge in [0, 0.05) is 0 Å². The Bertz CT molecular complexity index is 922. The van der Waals surface area contributed by atoms with Crippen LogP contribution >= 0.6 is 0 Å². The van der Waals surface area contributed by atoms with Crippen LogP contribution in [0.4, 0.5) is 0 Å². The quantitative estimate of drug-likeness (QED) is 0.419. The fraction of sp³-hybridized carbons (Fsp3) is 0.839. The van der Waals surface area contributed by atoms with Gasteiger partial charge in [0.1, 0.15) is 0 Å². The maximum atomic E-state index is 12.8. The molecule has 0 spiro atoms. The number of allylic oxidation sites excluding steroid dienone is 2. The lowest BCUT2D eigenvalue weighted by Gasteiger charge is -2.70. The third kappa shape index (κ3) is 2.77. The molecule has 0 aromatic heterocycles. The summed E-state index contributed by atoms with van der Waals surface area (Å²) in [4.78, 5) is 12.8. The molecule has 0 amide bonds. The second kappa shape index (κ2) is 7.46. The van der Waals surface area contributed by atoms with Gasteiger partial charge in [-0.25, -0.2) is 0 Å². The molecule has 4 saturated carbocycles. The molecule has 3 nitrogen and oxygen atoms in total. The van der Waals surface area contributed by atoms with Crippen molar-refractivity contribution in [2.75, 3.05) is 0 Å². The topological polar surface area (TPSA) is 57.5 Å². The Morgan fingerprint density at radius 3 is 2.38 bits per heavy atom. The molecule has 5 aliphatic rings. The lowest BCUT2D eigenvalue weighted by atomic mass is 9.34. The van der Waals surface area contributed by atoms with E-state index in [0.29, 0.717) is 23.7 Å². The van der Waals surface area contributed by atoms with Crippen molar-refractivity contribution < 1.29 is 15.0 Å². The van der Waals surface area contributed by atoms with Gasteiger partial charge >= 0.3 is 5.97 Å². The van der Waals surface area contributed by atoms with Crippen LogP contribution in [0.1, 0.15) is 99.3 Å². The minimum Gasteiger partial charge on any atom is -0.481 e. The molecule has 0 aliphatic heterocycles. The predicted octanol–water partition coefficient (Wildman–Crippen LogP) is 7.26. The molecule has 0 bridgehead atoms. The molecule has 0 radical (unpaired) electrons. The van der Waals surface area contributed by atoms with Crippen molar-refractivity contribution >= 4 is 5.97 Å². The Labute approximate surface area is 207 Å². The zero-order valence-corrected chi connectivity index (χ0v) is 22.5. The molecule has 11 atom stereocenters. The second-order valence-corrected chi connectivity index (χ2v) is 14.1. The van der Waals surface area contributed by atoms with E-state index in [2.05, 4.69) is 54.2 Å². The fourth-order valence-corrected chi connectivity index (χ4v) is 10.8. The van der Waals surface area contributed by atoms with Gasteiger partial charge in [0.2, 0.25) is 0 Å². The number of fused-ring (bicyclic) bond motifs is 7. The van der Waals surface area contributed by atoms with Crippen LogP contribution < -0.4 is 0 Å². The highest BCUT2D eigenvalue weighted by Gasteiger charge is 2.69. The van der Waals surface area contributed by atoms with Crippen molar-refractivity contribution in [2.45, 2.75) is 105 Å². The zero-order valence-electron chi connectivity index (χ0n) is 22.5. The average Bonchev–Trinajstić information content (AvgIpc) is 2.79. The number of rotatable bonds is 2. The number of aliphatic hydroxyl groups is 1. The minimum absolute atomic E-state index is 0.0637. The van der Waals surface area contributed by atoms with Gasteiger partial charge in [-0.05, 0) is 110 Å². The van der Waals surface area contributed by atoms with E-state index in [4.69, 9.17) is 0 Å². The standard InChI is InChI=1S/C31H48O3/c1-8-31(34)18-15-27(5)22(21(31)4)12-13-29(7)24(27)10-9-23-25-20(3)19(2)11-14-30(25,26(32)33)17-16-28(23,29)6/h8-9,19-22,24-25,34H,1,10-18H2,2-7H3,(H,32,33)/t19-,20+,21+,22+,24-,25+,27+,28-,29-,30+,31+/m1/s1. The molecule has 0 saturated heterocycles. The van der Waals surface area contributed by atoms with Crippen molar-refractivity contribution in [3.63, 3.8) is 0 Å². The number of carboxylic acids is 1. The van der Waals surface area contributed by atoms with Crippen molar-refractivity contribution in [3.05, 3.63) is 24.3 Å². The molecule has 34 heavy (non-hydrogen) atoms. The lowest BCUT2D eigenvalue weighted by Crippen LogP contribution is -2.65. The van der Waals surface area contributed by atoms with Crippen molar-refractivity contribution in [2.24, 2.45) is 57.2 Å². The lowest BCUT2D eigenvalue weighted by molar-refractivity contribution is -0.197.